The number of carbonyl (C=O) groups excluding carboxylic acids is 2. The fourth-order valence-electron chi connectivity index (χ4n) is 2.42. The van der Waals surface area contributed by atoms with Crippen molar-refractivity contribution in [3.05, 3.63) is 57.2 Å². The van der Waals surface area contributed by atoms with Crippen molar-refractivity contribution in [1.82, 2.24) is 10.3 Å². The maximum Gasteiger partial charge on any atom is 0.263 e. The standard InChI is InChI=1S/C19H18ClN3O3S/c1-10-4-6-14(13(20)8-10)23-16(24)9-21-18(25)17-12(3)22-19(27-17)15-7-5-11(2)26-15/h4-8H,9H2,1-3H3,(H,21,25)(H,23,24). The van der Waals surface area contributed by atoms with E-state index in [4.69, 9.17) is 16.0 Å². The molecule has 0 aliphatic rings. The second-order valence-electron chi connectivity index (χ2n) is 6.06. The average molecular weight is 404 g/mol. The number of hydrogen-bond acceptors (Lipinski definition) is 5. The quantitative estimate of drug-likeness (QED) is 0.663. The molecule has 2 aromatic heterocycles. The summed E-state index contributed by atoms with van der Waals surface area (Å²) in [6.45, 7) is 5.33. The van der Waals surface area contributed by atoms with Gasteiger partial charge in [0.1, 0.15) is 10.6 Å². The molecule has 140 valence electrons. The molecule has 0 aliphatic carbocycles. The number of aromatic nitrogens is 1. The topological polar surface area (TPSA) is 84.2 Å². The van der Waals surface area contributed by atoms with Crippen LogP contribution in [-0.4, -0.2) is 23.3 Å². The highest BCUT2D eigenvalue weighted by Crippen LogP contribution is 2.29. The Bertz CT molecular complexity index is 1010. The number of carbonyl (C=O) groups is 2. The normalized spacial score (nSPS) is 10.7. The Kier molecular flexibility index (Phi) is 5.62. The van der Waals surface area contributed by atoms with E-state index >= 15 is 0 Å². The number of halogens is 1. The van der Waals surface area contributed by atoms with E-state index in [9.17, 15) is 9.59 Å². The first-order chi connectivity index (χ1) is 12.8. The summed E-state index contributed by atoms with van der Waals surface area (Å²) in [6.07, 6.45) is 0. The minimum atomic E-state index is -0.363. The lowest BCUT2D eigenvalue weighted by atomic mass is 10.2. The number of anilines is 1. The van der Waals surface area contributed by atoms with Gasteiger partial charge in [-0.15, -0.1) is 11.3 Å². The molecular formula is C19H18ClN3O3S. The Morgan fingerprint density at radius 2 is 1.96 bits per heavy atom. The minimum Gasteiger partial charge on any atom is -0.459 e. The molecule has 0 spiro atoms. The third kappa shape index (κ3) is 4.56. The molecule has 3 aromatic rings. The van der Waals surface area contributed by atoms with Crippen molar-refractivity contribution in [2.75, 3.05) is 11.9 Å². The summed E-state index contributed by atoms with van der Waals surface area (Å²) in [5.74, 6) is 0.671. The van der Waals surface area contributed by atoms with Gasteiger partial charge in [-0.3, -0.25) is 9.59 Å². The summed E-state index contributed by atoms with van der Waals surface area (Å²) in [4.78, 5) is 29.3. The van der Waals surface area contributed by atoms with Crippen LogP contribution < -0.4 is 10.6 Å². The third-order valence-corrected chi connectivity index (χ3v) is 5.25. The van der Waals surface area contributed by atoms with E-state index < -0.39 is 0 Å². The van der Waals surface area contributed by atoms with E-state index in [1.165, 1.54) is 11.3 Å². The predicted molar refractivity (Wildman–Crippen MR) is 106 cm³/mol. The van der Waals surface area contributed by atoms with Gasteiger partial charge in [0.25, 0.3) is 5.91 Å². The van der Waals surface area contributed by atoms with Crippen LogP contribution in [0.5, 0.6) is 0 Å². The number of furan rings is 1. The Hall–Kier alpha value is -2.64. The van der Waals surface area contributed by atoms with Crippen molar-refractivity contribution in [3.63, 3.8) is 0 Å². The van der Waals surface area contributed by atoms with Crippen LogP contribution >= 0.6 is 22.9 Å². The van der Waals surface area contributed by atoms with Crippen molar-refractivity contribution < 1.29 is 14.0 Å². The summed E-state index contributed by atoms with van der Waals surface area (Å²) < 4.78 is 5.54. The van der Waals surface area contributed by atoms with Gasteiger partial charge in [0.2, 0.25) is 5.91 Å². The highest BCUT2D eigenvalue weighted by molar-refractivity contribution is 7.17. The second kappa shape index (κ2) is 7.94. The Labute approximate surface area is 165 Å². The lowest BCUT2D eigenvalue weighted by molar-refractivity contribution is -0.115. The lowest BCUT2D eigenvalue weighted by Gasteiger charge is -2.08. The van der Waals surface area contributed by atoms with Crippen molar-refractivity contribution in [3.8, 4) is 10.8 Å². The van der Waals surface area contributed by atoms with Crippen LogP contribution in [0.15, 0.2) is 34.7 Å². The zero-order valence-electron chi connectivity index (χ0n) is 15.1. The predicted octanol–water partition coefficient (Wildman–Crippen LogP) is 4.35. The van der Waals surface area contributed by atoms with E-state index in [0.717, 1.165) is 11.3 Å². The number of nitrogens with one attached hydrogen (secondary N) is 2. The molecule has 8 heteroatoms. The van der Waals surface area contributed by atoms with Crippen LogP contribution in [0.2, 0.25) is 5.02 Å². The highest BCUT2D eigenvalue weighted by Gasteiger charge is 2.18. The SMILES string of the molecule is Cc1ccc(NC(=O)CNC(=O)c2sc(-c3ccc(C)o3)nc2C)c(Cl)c1. The number of aryl methyl sites for hydroxylation is 3. The van der Waals surface area contributed by atoms with Gasteiger partial charge < -0.3 is 15.1 Å². The zero-order valence-corrected chi connectivity index (χ0v) is 16.6. The van der Waals surface area contributed by atoms with Crippen LogP contribution in [-0.2, 0) is 4.79 Å². The van der Waals surface area contributed by atoms with Gasteiger partial charge in [-0.1, -0.05) is 17.7 Å². The lowest BCUT2D eigenvalue weighted by Crippen LogP contribution is -2.32. The monoisotopic (exact) mass is 403 g/mol. The first-order valence-corrected chi connectivity index (χ1v) is 9.41. The molecule has 27 heavy (non-hydrogen) atoms. The zero-order chi connectivity index (χ0) is 19.6. The van der Waals surface area contributed by atoms with Gasteiger partial charge in [0, 0.05) is 0 Å². The van der Waals surface area contributed by atoms with Crippen LogP contribution in [0.4, 0.5) is 5.69 Å². The second-order valence-corrected chi connectivity index (χ2v) is 7.46. The fourth-order valence-corrected chi connectivity index (χ4v) is 3.65. The van der Waals surface area contributed by atoms with Gasteiger partial charge in [-0.05, 0) is 50.6 Å². The summed E-state index contributed by atoms with van der Waals surface area (Å²) in [5.41, 5.74) is 2.09. The van der Waals surface area contributed by atoms with E-state index in [-0.39, 0.29) is 18.4 Å². The third-order valence-electron chi connectivity index (χ3n) is 3.76. The summed E-state index contributed by atoms with van der Waals surface area (Å²) in [7, 11) is 0. The molecule has 1 aromatic carbocycles. The first-order valence-electron chi connectivity index (χ1n) is 8.22. The largest absolute Gasteiger partial charge is 0.459 e. The molecule has 2 heterocycles. The van der Waals surface area contributed by atoms with Gasteiger partial charge in [-0.2, -0.15) is 0 Å². The summed E-state index contributed by atoms with van der Waals surface area (Å²) in [5, 5.41) is 6.36. The fraction of sp³-hybridized carbons (Fsp3) is 0.211. The van der Waals surface area contributed by atoms with Crippen LogP contribution in [0.25, 0.3) is 10.8 Å². The van der Waals surface area contributed by atoms with Gasteiger partial charge >= 0.3 is 0 Å². The summed E-state index contributed by atoms with van der Waals surface area (Å²) >= 11 is 7.32. The Morgan fingerprint density at radius 1 is 1.19 bits per heavy atom. The Morgan fingerprint density at radius 3 is 2.63 bits per heavy atom. The molecule has 2 N–H and O–H groups in total. The molecule has 3 rings (SSSR count). The van der Waals surface area contributed by atoms with Crippen LogP contribution in [0.1, 0.15) is 26.7 Å². The van der Waals surface area contributed by atoms with Crippen LogP contribution in [0, 0.1) is 20.8 Å². The molecule has 0 unspecified atom stereocenters. The smallest absolute Gasteiger partial charge is 0.263 e. The van der Waals surface area contributed by atoms with Crippen molar-refractivity contribution in [2.45, 2.75) is 20.8 Å². The number of nitrogens with zero attached hydrogens (tertiary/aromatic N) is 1. The summed E-state index contributed by atoms with van der Waals surface area (Å²) in [6, 6.07) is 8.98. The number of benzene rings is 1. The molecule has 0 saturated carbocycles. The van der Waals surface area contributed by atoms with Gasteiger partial charge in [0.05, 0.1) is 22.9 Å². The highest BCUT2D eigenvalue weighted by atomic mass is 35.5. The molecule has 0 atom stereocenters. The average Bonchev–Trinajstić information content (AvgIpc) is 3.21. The van der Waals surface area contributed by atoms with Crippen molar-refractivity contribution >= 4 is 40.4 Å². The molecular weight excluding hydrogens is 386 g/mol. The number of amides is 2. The maximum atomic E-state index is 12.4. The van der Waals surface area contributed by atoms with E-state index in [1.54, 1.807) is 19.1 Å². The number of thiazole rings is 1. The number of rotatable bonds is 5. The van der Waals surface area contributed by atoms with Gasteiger partial charge in [0.15, 0.2) is 10.8 Å². The van der Waals surface area contributed by atoms with E-state index in [0.29, 0.717) is 32.0 Å². The van der Waals surface area contributed by atoms with E-state index in [2.05, 4.69) is 15.6 Å². The van der Waals surface area contributed by atoms with Crippen molar-refractivity contribution in [2.24, 2.45) is 0 Å². The molecule has 0 bridgehead atoms. The molecule has 2 amide bonds. The van der Waals surface area contributed by atoms with Crippen molar-refractivity contribution in [1.29, 1.82) is 0 Å². The minimum absolute atomic E-state index is 0.171. The molecule has 0 radical (unpaired) electrons. The van der Waals surface area contributed by atoms with E-state index in [1.807, 2.05) is 32.0 Å². The Balaban J connectivity index is 1.62. The molecule has 6 nitrogen and oxygen atoms in total. The molecule has 0 aliphatic heterocycles. The van der Waals surface area contributed by atoms with Gasteiger partial charge in [-0.25, -0.2) is 4.98 Å². The number of hydrogen-bond donors (Lipinski definition) is 2. The molecule has 0 saturated heterocycles. The molecule has 0 fully saturated rings. The first kappa shape index (κ1) is 19.1. The maximum absolute atomic E-state index is 12.4. The van der Waals surface area contributed by atoms with Crippen LogP contribution in [0.3, 0.4) is 0 Å².